The summed E-state index contributed by atoms with van der Waals surface area (Å²) >= 11 is 11.6. The average molecular weight is 364 g/mol. The van der Waals surface area contributed by atoms with Crippen molar-refractivity contribution in [2.24, 2.45) is 0 Å². The van der Waals surface area contributed by atoms with Gasteiger partial charge in [-0.15, -0.1) is 4.83 Å². The van der Waals surface area contributed by atoms with Crippen molar-refractivity contribution in [2.45, 2.75) is 18.7 Å². The quantitative estimate of drug-likeness (QED) is 0.810. The molecule has 0 fully saturated rings. The summed E-state index contributed by atoms with van der Waals surface area (Å²) in [4.78, 5) is 13.8. The molecule has 22 heavy (non-hydrogen) atoms. The van der Waals surface area contributed by atoms with Gasteiger partial charge in [0.25, 0.3) is 15.9 Å². The van der Waals surface area contributed by atoms with Gasteiger partial charge in [-0.3, -0.25) is 10.2 Å². The normalized spacial score (nSPS) is 11.5. The predicted molar refractivity (Wildman–Crippen MR) is 80.2 cm³/mol. The van der Waals surface area contributed by atoms with Crippen LogP contribution in [0.4, 0.5) is 0 Å². The fourth-order valence-corrected chi connectivity index (χ4v) is 3.31. The van der Waals surface area contributed by atoms with Crippen molar-refractivity contribution in [3.05, 3.63) is 45.3 Å². The number of aromatic nitrogens is 1. The number of benzene rings is 1. The third kappa shape index (κ3) is 3.41. The van der Waals surface area contributed by atoms with Crippen molar-refractivity contribution >= 4 is 39.1 Å². The van der Waals surface area contributed by atoms with E-state index in [1.807, 2.05) is 4.83 Å². The van der Waals surface area contributed by atoms with E-state index >= 15 is 0 Å². The Kier molecular flexibility index (Phi) is 4.76. The summed E-state index contributed by atoms with van der Waals surface area (Å²) in [5.74, 6) is -0.636. The Morgan fingerprint density at radius 3 is 2.55 bits per heavy atom. The zero-order valence-electron chi connectivity index (χ0n) is 11.5. The highest BCUT2D eigenvalue weighted by Gasteiger charge is 2.25. The Morgan fingerprint density at radius 1 is 1.27 bits per heavy atom. The number of nitrogens with zero attached hydrogens (tertiary/aromatic N) is 1. The maximum absolute atomic E-state index is 12.1. The Balaban J connectivity index is 2.19. The zero-order chi connectivity index (χ0) is 16.5. The molecule has 2 aromatic rings. The third-order valence-electron chi connectivity index (χ3n) is 2.71. The van der Waals surface area contributed by atoms with Crippen LogP contribution in [0, 0.1) is 13.8 Å². The van der Waals surface area contributed by atoms with Crippen LogP contribution in [0.15, 0.2) is 27.6 Å². The van der Waals surface area contributed by atoms with Crippen molar-refractivity contribution in [1.29, 1.82) is 0 Å². The van der Waals surface area contributed by atoms with E-state index in [9.17, 15) is 13.2 Å². The first-order valence-corrected chi connectivity index (χ1v) is 8.16. The number of aryl methyl sites for hydroxylation is 2. The van der Waals surface area contributed by atoms with E-state index in [0.29, 0.717) is 5.02 Å². The molecule has 0 atom stereocenters. The van der Waals surface area contributed by atoms with Gasteiger partial charge in [-0.05, 0) is 32.0 Å². The molecule has 0 unspecified atom stereocenters. The number of nitrogens with one attached hydrogen (secondary N) is 2. The van der Waals surface area contributed by atoms with E-state index in [1.165, 1.54) is 32.0 Å². The molecule has 0 aliphatic heterocycles. The van der Waals surface area contributed by atoms with Gasteiger partial charge in [-0.2, -0.15) is 0 Å². The van der Waals surface area contributed by atoms with Gasteiger partial charge in [0.15, 0.2) is 5.76 Å². The van der Waals surface area contributed by atoms with Crippen LogP contribution in [0.2, 0.25) is 10.0 Å². The van der Waals surface area contributed by atoms with Crippen molar-refractivity contribution in [3.63, 3.8) is 0 Å². The number of halogens is 2. The van der Waals surface area contributed by atoms with Crippen LogP contribution in [-0.4, -0.2) is 19.5 Å². The number of carbonyl (C=O) groups excluding carboxylic acids is 1. The van der Waals surface area contributed by atoms with E-state index in [-0.39, 0.29) is 26.9 Å². The van der Waals surface area contributed by atoms with E-state index in [0.717, 1.165) is 0 Å². The Morgan fingerprint density at radius 2 is 1.95 bits per heavy atom. The first-order valence-electron chi connectivity index (χ1n) is 5.92. The number of amides is 1. The lowest BCUT2D eigenvalue weighted by Gasteiger charge is -2.09. The molecule has 1 aromatic carbocycles. The molecule has 7 nitrogen and oxygen atoms in total. The summed E-state index contributed by atoms with van der Waals surface area (Å²) in [6, 6.07) is 4.26. The fourth-order valence-electron chi connectivity index (χ4n) is 1.76. The van der Waals surface area contributed by atoms with E-state index < -0.39 is 15.9 Å². The highest BCUT2D eigenvalue weighted by Crippen LogP contribution is 2.21. The molecular weight excluding hydrogens is 353 g/mol. The predicted octanol–water partition coefficient (Wildman–Crippen LogP) is 2.22. The van der Waals surface area contributed by atoms with Gasteiger partial charge in [0, 0.05) is 5.02 Å². The minimum absolute atomic E-state index is 0.0376. The number of hydrogen-bond acceptors (Lipinski definition) is 5. The fraction of sp³-hybridized carbons (Fsp3) is 0.167. The molecule has 10 heteroatoms. The molecule has 0 saturated carbocycles. The lowest BCUT2D eigenvalue weighted by atomic mass is 10.2. The second-order valence-electron chi connectivity index (χ2n) is 4.34. The maximum atomic E-state index is 12.1. The number of rotatable bonds is 4. The highest BCUT2D eigenvalue weighted by molar-refractivity contribution is 7.89. The zero-order valence-corrected chi connectivity index (χ0v) is 13.8. The molecule has 2 rings (SSSR count). The summed E-state index contributed by atoms with van der Waals surface area (Å²) in [6.07, 6.45) is 0. The van der Waals surface area contributed by atoms with Crippen LogP contribution in [0.3, 0.4) is 0 Å². The third-order valence-corrected chi connectivity index (χ3v) is 4.76. The van der Waals surface area contributed by atoms with Gasteiger partial charge in [0.1, 0.15) is 10.6 Å². The van der Waals surface area contributed by atoms with Gasteiger partial charge in [-0.1, -0.05) is 28.4 Å². The lowest BCUT2D eigenvalue weighted by Crippen LogP contribution is -2.41. The largest absolute Gasteiger partial charge is 0.360 e. The van der Waals surface area contributed by atoms with E-state index in [4.69, 9.17) is 27.7 Å². The molecule has 0 bridgehead atoms. The van der Waals surface area contributed by atoms with Crippen LogP contribution in [-0.2, 0) is 10.0 Å². The summed E-state index contributed by atoms with van der Waals surface area (Å²) in [6.45, 7) is 2.92. The number of hydrazine groups is 1. The van der Waals surface area contributed by atoms with Crippen molar-refractivity contribution in [1.82, 2.24) is 15.4 Å². The topological polar surface area (TPSA) is 101 Å². The molecular formula is C12H11Cl2N3O4S. The molecule has 1 aromatic heterocycles. The van der Waals surface area contributed by atoms with E-state index in [2.05, 4.69) is 10.6 Å². The van der Waals surface area contributed by atoms with Crippen LogP contribution >= 0.6 is 23.2 Å². The second-order valence-corrected chi connectivity index (χ2v) is 6.80. The minimum Gasteiger partial charge on any atom is -0.360 e. The standard InChI is InChI=1S/C12H11Cl2N3O4S/c1-6-11(7(2)21-16-6)22(19,20)17-15-12(18)9-5-8(13)3-4-10(9)14/h3-5,17H,1-2H3,(H,15,18). The van der Waals surface area contributed by atoms with Gasteiger partial charge < -0.3 is 4.52 Å². The summed E-state index contributed by atoms with van der Waals surface area (Å²) < 4.78 is 29.1. The van der Waals surface area contributed by atoms with Crippen LogP contribution in [0.25, 0.3) is 0 Å². The summed E-state index contributed by atoms with van der Waals surface area (Å²) in [5, 5.41) is 3.98. The highest BCUT2D eigenvalue weighted by atomic mass is 35.5. The molecule has 1 amide bonds. The van der Waals surface area contributed by atoms with Crippen molar-refractivity contribution < 1.29 is 17.7 Å². The average Bonchev–Trinajstić information content (AvgIpc) is 2.79. The van der Waals surface area contributed by atoms with Crippen molar-refractivity contribution in [2.75, 3.05) is 0 Å². The Hall–Kier alpha value is -1.61. The van der Waals surface area contributed by atoms with Crippen LogP contribution < -0.4 is 10.3 Å². The Labute approximate surface area is 136 Å². The first-order chi connectivity index (χ1) is 10.2. The first kappa shape index (κ1) is 16.8. The Bertz CT molecular complexity index is 813. The molecule has 1 heterocycles. The smallest absolute Gasteiger partial charge is 0.267 e. The SMILES string of the molecule is Cc1noc(C)c1S(=O)(=O)NNC(=O)c1cc(Cl)ccc1Cl. The van der Waals surface area contributed by atoms with Crippen molar-refractivity contribution in [3.8, 4) is 0 Å². The number of sulfonamides is 1. The molecule has 0 saturated heterocycles. The summed E-state index contributed by atoms with van der Waals surface area (Å²) in [7, 11) is -4.02. The maximum Gasteiger partial charge on any atom is 0.267 e. The van der Waals surface area contributed by atoms with E-state index in [1.54, 1.807) is 0 Å². The van der Waals surface area contributed by atoms with Gasteiger partial charge in [0.2, 0.25) is 0 Å². The minimum atomic E-state index is -4.02. The van der Waals surface area contributed by atoms with Crippen LogP contribution in [0.1, 0.15) is 21.8 Å². The number of hydrogen-bond donors (Lipinski definition) is 2. The second kappa shape index (κ2) is 6.25. The lowest BCUT2D eigenvalue weighted by molar-refractivity contribution is 0.0945. The molecule has 0 aliphatic carbocycles. The monoisotopic (exact) mass is 363 g/mol. The molecule has 0 radical (unpaired) electrons. The molecule has 2 N–H and O–H groups in total. The van der Waals surface area contributed by atoms with Gasteiger partial charge in [0.05, 0.1) is 10.6 Å². The van der Waals surface area contributed by atoms with Crippen LogP contribution in [0.5, 0.6) is 0 Å². The molecule has 118 valence electrons. The molecule has 0 spiro atoms. The number of carbonyl (C=O) groups is 1. The molecule has 0 aliphatic rings. The summed E-state index contributed by atoms with van der Waals surface area (Å²) in [5.41, 5.74) is 2.28. The van der Waals surface area contributed by atoms with Gasteiger partial charge in [-0.25, -0.2) is 8.42 Å². The van der Waals surface area contributed by atoms with Gasteiger partial charge >= 0.3 is 0 Å².